The van der Waals surface area contributed by atoms with Gasteiger partial charge in [0.25, 0.3) is 5.91 Å². The number of rotatable bonds is 7. The lowest BCUT2D eigenvalue weighted by molar-refractivity contribution is 0.102. The lowest BCUT2D eigenvalue weighted by Gasteiger charge is -2.21. The van der Waals surface area contributed by atoms with Gasteiger partial charge in [-0.25, -0.2) is 9.97 Å². The number of carbonyl (C=O) groups excluding carboxylic acids is 1. The van der Waals surface area contributed by atoms with Gasteiger partial charge < -0.3 is 15.5 Å². The molecule has 0 spiro atoms. The van der Waals surface area contributed by atoms with E-state index in [2.05, 4.69) is 51.5 Å². The summed E-state index contributed by atoms with van der Waals surface area (Å²) >= 11 is 0. The number of hydrogen-bond acceptors (Lipinski definition) is 5. The van der Waals surface area contributed by atoms with Crippen LogP contribution in [0, 0.1) is 13.8 Å². The Labute approximate surface area is 172 Å². The first kappa shape index (κ1) is 20.3. The Morgan fingerprint density at radius 1 is 0.966 bits per heavy atom. The summed E-state index contributed by atoms with van der Waals surface area (Å²) in [6.45, 7) is 10.2. The molecule has 29 heavy (non-hydrogen) atoms. The molecule has 6 heteroatoms. The number of nitrogens with zero attached hydrogens (tertiary/aromatic N) is 3. The maximum atomic E-state index is 12.5. The second kappa shape index (κ2) is 9.19. The summed E-state index contributed by atoms with van der Waals surface area (Å²) in [5.74, 6) is 0.310. The minimum atomic E-state index is -0.277. The first-order valence-electron chi connectivity index (χ1n) is 9.83. The number of amides is 1. The highest BCUT2D eigenvalue weighted by Gasteiger charge is 2.11. The van der Waals surface area contributed by atoms with Crippen LogP contribution in [0.3, 0.4) is 0 Å². The molecule has 0 aliphatic rings. The van der Waals surface area contributed by atoms with E-state index < -0.39 is 0 Å². The van der Waals surface area contributed by atoms with Crippen molar-refractivity contribution >= 4 is 28.8 Å². The molecular weight excluding hydrogens is 362 g/mol. The monoisotopic (exact) mass is 389 g/mol. The quantitative estimate of drug-likeness (QED) is 0.599. The first-order valence-corrected chi connectivity index (χ1v) is 9.83. The van der Waals surface area contributed by atoms with Gasteiger partial charge in [0.15, 0.2) is 0 Å². The number of carbonyl (C=O) groups is 1. The normalized spacial score (nSPS) is 10.5. The van der Waals surface area contributed by atoms with Crippen LogP contribution in [0.15, 0.2) is 54.9 Å². The van der Waals surface area contributed by atoms with Crippen molar-refractivity contribution in [3.63, 3.8) is 0 Å². The zero-order valence-corrected chi connectivity index (χ0v) is 17.4. The first-order chi connectivity index (χ1) is 14.0. The van der Waals surface area contributed by atoms with Crippen molar-refractivity contribution in [2.75, 3.05) is 28.6 Å². The Hall–Kier alpha value is -3.41. The number of benzene rings is 2. The third-order valence-corrected chi connectivity index (χ3v) is 5.01. The van der Waals surface area contributed by atoms with Gasteiger partial charge in [0.2, 0.25) is 0 Å². The van der Waals surface area contributed by atoms with Gasteiger partial charge >= 0.3 is 0 Å². The molecule has 0 saturated heterocycles. The van der Waals surface area contributed by atoms with E-state index in [9.17, 15) is 4.79 Å². The van der Waals surface area contributed by atoms with Crippen molar-refractivity contribution in [2.24, 2.45) is 0 Å². The summed E-state index contributed by atoms with van der Waals surface area (Å²) in [6.07, 6.45) is 3.05. The van der Waals surface area contributed by atoms with Gasteiger partial charge in [0.05, 0.1) is 12.4 Å². The summed E-state index contributed by atoms with van der Waals surface area (Å²) in [5, 5.41) is 6.11. The van der Waals surface area contributed by atoms with Crippen molar-refractivity contribution in [3.05, 3.63) is 71.7 Å². The fourth-order valence-electron chi connectivity index (χ4n) is 3.07. The maximum Gasteiger partial charge on any atom is 0.275 e. The van der Waals surface area contributed by atoms with Crippen molar-refractivity contribution in [3.8, 4) is 0 Å². The van der Waals surface area contributed by atoms with Crippen LogP contribution in [0.4, 0.5) is 22.9 Å². The fourth-order valence-corrected chi connectivity index (χ4v) is 3.07. The third kappa shape index (κ3) is 4.90. The van der Waals surface area contributed by atoms with Gasteiger partial charge in [-0.2, -0.15) is 0 Å². The molecule has 0 saturated carbocycles. The van der Waals surface area contributed by atoms with E-state index in [4.69, 9.17) is 0 Å². The summed E-state index contributed by atoms with van der Waals surface area (Å²) in [4.78, 5) is 23.3. The number of aromatic nitrogens is 2. The lowest BCUT2D eigenvalue weighted by atomic mass is 10.1. The predicted octanol–water partition coefficient (Wildman–Crippen LogP) is 4.94. The summed E-state index contributed by atoms with van der Waals surface area (Å²) in [7, 11) is 0. The molecule has 1 heterocycles. The average molecular weight is 390 g/mol. The molecule has 2 N–H and O–H groups in total. The molecule has 2 aromatic carbocycles. The van der Waals surface area contributed by atoms with Gasteiger partial charge in [-0.1, -0.05) is 12.1 Å². The molecule has 0 atom stereocenters. The van der Waals surface area contributed by atoms with E-state index in [1.54, 1.807) is 6.20 Å². The summed E-state index contributed by atoms with van der Waals surface area (Å²) in [6, 6.07) is 14.0. The van der Waals surface area contributed by atoms with Gasteiger partial charge in [-0.15, -0.1) is 0 Å². The molecular formula is C23H27N5O. The van der Waals surface area contributed by atoms with E-state index in [1.807, 2.05) is 44.2 Å². The Kier molecular flexibility index (Phi) is 6.44. The van der Waals surface area contributed by atoms with Crippen molar-refractivity contribution in [2.45, 2.75) is 27.7 Å². The Morgan fingerprint density at radius 3 is 2.31 bits per heavy atom. The molecule has 0 bridgehead atoms. The molecule has 0 unspecified atom stereocenters. The van der Waals surface area contributed by atoms with E-state index in [1.165, 1.54) is 11.9 Å². The molecule has 3 aromatic rings. The minimum Gasteiger partial charge on any atom is -0.372 e. The predicted molar refractivity (Wildman–Crippen MR) is 119 cm³/mol. The second-order valence-electron chi connectivity index (χ2n) is 6.83. The molecule has 1 aromatic heterocycles. The summed E-state index contributed by atoms with van der Waals surface area (Å²) in [5.41, 5.74) is 5.33. The fraction of sp³-hybridized carbons (Fsp3) is 0.261. The van der Waals surface area contributed by atoms with Crippen LogP contribution in [0.2, 0.25) is 0 Å². The van der Waals surface area contributed by atoms with Crippen molar-refractivity contribution in [1.29, 1.82) is 0 Å². The van der Waals surface area contributed by atoms with Gasteiger partial charge in [-0.3, -0.25) is 4.79 Å². The molecule has 6 nitrogen and oxygen atoms in total. The molecule has 1 amide bonds. The van der Waals surface area contributed by atoms with Crippen molar-refractivity contribution in [1.82, 2.24) is 9.97 Å². The third-order valence-electron chi connectivity index (χ3n) is 5.01. The van der Waals surface area contributed by atoms with Crippen molar-refractivity contribution < 1.29 is 4.79 Å². The van der Waals surface area contributed by atoms with E-state index in [0.29, 0.717) is 5.82 Å². The zero-order valence-electron chi connectivity index (χ0n) is 17.4. The Balaban J connectivity index is 1.65. The highest BCUT2D eigenvalue weighted by molar-refractivity contribution is 6.03. The molecule has 0 aliphatic heterocycles. The molecule has 0 fully saturated rings. The highest BCUT2D eigenvalue weighted by atomic mass is 16.1. The van der Waals surface area contributed by atoms with Crippen LogP contribution in [0.1, 0.15) is 35.5 Å². The van der Waals surface area contributed by atoms with Crippen LogP contribution in [0.25, 0.3) is 0 Å². The van der Waals surface area contributed by atoms with Gasteiger partial charge in [0.1, 0.15) is 11.5 Å². The topological polar surface area (TPSA) is 70.2 Å². The maximum absolute atomic E-state index is 12.5. The Morgan fingerprint density at radius 2 is 1.69 bits per heavy atom. The molecule has 3 rings (SSSR count). The minimum absolute atomic E-state index is 0.272. The standard InChI is InChI=1S/C23H27N5O/c1-5-28(6-2)19-12-10-18(11-13-19)26-22-15-24-21(14-25-22)23(29)27-20-9-7-8-16(3)17(20)4/h7-15H,5-6H2,1-4H3,(H,25,26)(H,27,29). The Bertz CT molecular complexity index is 964. The largest absolute Gasteiger partial charge is 0.372 e. The van der Waals surface area contributed by atoms with Crippen LogP contribution in [-0.4, -0.2) is 29.0 Å². The van der Waals surface area contributed by atoms with Crippen LogP contribution in [-0.2, 0) is 0 Å². The lowest BCUT2D eigenvalue weighted by Crippen LogP contribution is -2.21. The van der Waals surface area contributed by atoms with E-state index >= 15 is 0 Å². The van der Waals surface area contributed by atoms with E-state index in [-0.39, 0.29) is 11.6 Å². The highest BCUT2D eigenvalue weighted by Crippen LogP contribution is 2.21. The number of aryl methyl sites for hydroxylation is 1. The molecule has 150 valence electrons. The molecule has 0 aliphatic carbocycles. The zero-order chi connectivity index (χ0) is 20.8. The van der Waals surface area contributed by atoms with Crippen LogP contribution in [0.5, 0.6) is 0 Å². The SMILES string of the molecule is CCN(CC)c1ccc(Nc2cnc(C(=O)Nc3cccc(C)c3C)cn2)cc1. The second-order valence-corrected chi connectivity index (χ2v) is 6.83. The number of anilines is 4. The van der Waals surface area contributed by atoms with Gasteiger partial charge in [-0.05, 0) is 69.2 Å². The average Bonchev–Trinajstić information content (AvgIpc) is 2.74. The number of hydrogen-bond donors (Lipinski definition) is 2. The van der Waals surface area contributed by atoms with Crippen LogP contribution >= 0.6 is 0 Å². The molecule has 0 radical (unpaired) electrons. The van der Waals surface area contributed by atoms with Crippen LogP contribution < -0.4 is 15.5 Å². The summed E-state index contributed by atoms with van der Waals surface area (Å²) < 4.78 is 0. The van der Waals surface area contributed by atoms with Gasteiger partial charge in [0, 0.05) is 30.2 Å². The smallest absolute Gasteiger partial charge is 0.275 e. The van der Waals surface area contributed by atoms with E-state index in [0.717, 1.165) is 35.6 Å². The number of nitrogens with one attached hydrogen (secondary N) is 2.